The van der Waals surface area contributed by atoms with E-state index >= 15 is 0 Å². The number of hydrogen-bond donors (Lipinski definition) is 0. The third kappa shape index (κ3) is 3.10. The lowest BCUT2D eigenvalue weighted by Crippen LogP contribution is -2.28. The Morgan fingerprint density at radius 1 is 1.17 bits per heavy atom. The van der Waals surface area contributed by atoms with E-state index in [0.29, 0.717) is 11.4 Å². The molecule has 1 aliphatic rings. The Hall–Kier alpha value is -2.27. The maximum Gasteiger partial charge on any atom is 0.266 e. The first-order chi connectivity index (χ1) is 11.1. The maximum atomic E-state index is 12.6. The summed E-state index contributed by atoms with van der Waals surface area (Å²) in [7, 11) is 2.00. The van der Waals surface area contributed by atoms with Crippen molar-refractivity contribution < 1.29 is 4.79 Å². The largest absolute Gasteiger partial charge is 0.348 e. The Morgan fingerprint density at radius 2 is 1.91 bits per heavy atom. The summed E-state index contributed by atoms with van der Waals surface area (Å²) in [6, 6.07) is 13.8. The van der Waals surface area contributed by atoms with E-state index in [2.05, 4.69) is 9.56 Å². The van der Waals surface area contributed by atoms with E-state index in [4.69, 9.17) is 0 Å². The Bertz CT molecular complexity index is 790. The zero-order valence-electron chi connectivity index (χ0n) is 13.5. The van der Waals surface area contributed by atoms with Crippen molar-refractivity contribution >= 4 is 34.6 Å². The molecule has 5 heteroatoms. The molecule has 23 heavy (non-hydrogen) atoms. The van der Waals surface area contributed by atoms with E-state index in [9.17, 15) is 4.79 Å². The van der Waals surface area contributed by atoms with Gasteiger partial charge in [0, 0.05) is 25.0 Å². The van der Waals surface area contributed by atoms with Gasteiger partial charge in [-0.2, -0.15) is 0 Å². The number of nitrogens with zero attached hydrogens (tertiary/aromatic N) is 3. The van der Waals surface area contributed by atoms with Gasteiger partial charge in [0.2, 0.25) is 0 Å². The molecule has 118 valence electrons. The monoisotopic (exact) mass is 325 g/mol. The van der Waals surface area contributed by atoms with Crippen molar-refractivity contribution in [2.75, 3.05) is 6.54 Å². The maximum absolute atomic E-state index is 12.6. The van der Waals surface area contributed by atoms with Gasteiger partial charge < -0.3 is 4.57 Å². The molecule has 1 amide bonds. The van der Waals surface area contributed by atoms with Gasteiger partial charge in [-0.05, 0) is 56.0 Å². The van der Waals surface area contributed by atoms with Crippen LogP contribution in [0.1, 0.15) is 18.3 Å². The molecule has 1 saturated heterocycles. The lowest BCUT2D eigenvalue weighted by Gasteiger charge is -2.11. The molecule has 3 rings (SSSR count). The van der Waals surface area contributed by atoms with Crippen LogP contribution in [0.15, 0.2) is 52.4 Å². The van der Waals surface area contributed by atoms with Crippen LogP contribution < -0.4 is 0 Å². The summed E-state index contributed by atoms with van der Waals surface area (Å²) in [5.41, 5.74) is 3.05. The number of benzene rings is 1. The van der Waals surface area contributed by atoms with Crippen molar-refractivity contribution in [3.05, 3.63) is 58.8 Å². The number of carbonyl (C=O) groups is 1. The Morgan fingerprint density at radius 3 is 2.52 bits per heavy atom. The van der Waals surface area contributed by atoms with Gasteiger partial charge in [-0.3, -0.25) is 9.69 Å². The van der Waals surface area contributed by atoms with Crippen LogP contribution >= 0.6 is 11.8 Å². The molecular formula is C18H19N3OS. The molecule has 1 aromatic carbocycles. The number of aryl methyl sites for hydroxylation is 1. The summed E-state index contributed by atoms with van der Waals surface area (Å²) in [6.45, 7) is 4.63. The highest BCUT2D eigenvalue weighted by molar-refractivity contribution is 8.18. The molecule has 4 nitrogen and oxygen atoms in total. The van der Waals surface area contributed by atoms with E-state index < -0.39 is 0 Å². The molecule has 0 spiro atoms. The molecule has 1 aliphatic heterocycles. The van der Waals surface area contributed by atoms with Crippen molar-refractivity contribution in [3.8, 4) is 0 Å². The predicted molar refractivity (Wildman–Crippen MR) is 96.6 cm³/mol. The first-order valence-electron chi connectivity index (χ1n) is 7.57. The van der Waals surface area contributed by atoms with E-state index in [1.54, 1.807) is 4.90 Å². The van der Waals surface area contributed by atoms with Crippen molar-refractivity contribution in [2.24, 2.45) is 12.0 Å². The minimum absolute atomic E-state index is 0.0195. The number of aromatic nitrogens is 1. The molecule has 0 N–H and O–H groups in total. The third-order valence-electron chi connectivity index (χ3n) is 3.88. The van der Waals surface area contributed by atoms with Gasteiger partial charge in [-0.25, -0.2) is 4.99 Å². The van der Waals surface area contributed by atoms with E-state index in [1.807, 2.05) is 69.4 Å². The van der Waals surface area contributed by atoms with Crippen LogP contribution in [-0.4, -0.2) is 27.1 Å². The summed E-state index contributed by atoms with van der Waals surface area (Å²) in [6.07, 6.45) is 1.94. The summed E-state index contributed by atoms with van der Waals surface area (Å²) >= 11 is 1.43. The Balaban J connectivity index is 1.95. The van der Waals surface area contributed by atoms with Gasteiger partial charge in [0.15, 0.2) is 5.17 Å². The normalized spacial score (nSPS) is 18.4. The van der Waals surface area contributed by atoms with Crippen LogP contribution in [0.2, 0.25) is 0 Å². The minimum atomic E-state index is 0.0195. The summed E-state index contributed by atoms with van der Waals surface area (Å²) in [4.78, 5) is 19.7. The fourth-order valence-corrected chi connectivity index (χ4v) is 3.44. The number of rotatable bonds is 3. The third-order valence-corrected chi connectivity index (χ3v) is 4.88. The van der Waals surface area contributed by atoms with Gasteiger partial charge in [-0.15, -0.1) is 0 Å². The van der Waals surface area contributed by atoms with Crippen molar-refractivity contribution in [1.82, 2.24) is 9.47 Å². The quantitative estimate of drug-likeness (QED) is 0.801. The summed E-state index contributed by atoms with van der Waals surface area (Å²) < 4.78 is 2.07. The topological polar surface area (TPSA) is 37.6 Å². The van der Waals surface area contributed by atoms with Gasteiger partial charge in [-0.1, -0.05) is 18.2 Å². The summed E-state index contributed by atoms with van der Waals surface area (Å²) in [5.74, 6) is 0.0195. The van der Waals surface area contributed by atoms with E-state index in [1.165, 1.54) is 11.8 Å². The average molecular weight is 325 g/mol. The number of amidine groups is 1. The molecule has 1 fully saturated rings. The standard InChI is InChI=1S/C18H19N3OS/c1-4-21-17(22)16(12-15-11-10-13(2)20(15)3)23-18(21)19-14-8-6-5-7-9-14/h5-12H,4H2,1-3H3/b16-12-,19-18?. The lowest BCUT2D eigenvalue weighted by atomic mass is 10.3. The van der Waals surface area contributed by atoms with E-state index in [0.717, 1.165) is 22.2 Å². The second kappa shape index (κ2) is 6.46. The smallest absolute Gasteiger partial charge is 0.266 e. The molecule has 0 bridgehead atoms. The predicted octanol–water partition coefficient (Wildman–Crippen LogP) is 3.96. The molecule has 1 aromatic heterocycles. The number of para-hydroxylation sites is 1. The van der Waals surface area contributed by atoms with Gasteiger partial charge in [0.1, 0.15) is 0 Å². The molecule has 0 unspecified atom stereocenters. The number of hydrogen-bond acceptors (Lipinski definition) is 3. The zero-order chi connectivity index (χ0) is 16.4. The van der Waals surface area contributed by atoms with Crippen LogP contribution in [0.5, 0.6) is 0 Å². The van der Waals surface area contributed by atoms with Crippen molar-refractivity contribution in [2.45, 2.75) is 13.8 Å². The van der Waals surface area contributed by atoms with Crippen molar-refractivity contribution in [1.29, 1.82) is 0 Å². The highest BCUT2D eigenvalue weighted by atomic mass is 32.2. The second-order valence-electron chi connectivity index (χ2n) is 5.35. The van der Waals surface area contributed by atoms with Crippen LogP contribution in [0.25, 0.3) is 6.08 Å². The first kappa shape index (κ1) is 15.6. The number of thioether (sulfide) groups is 1. The zero-order valence-corrected chi connectivity index (χ0v) is 14.3. The Kier molecular flexibility index (Phi) is 4.39. The van der Waals surface area contributed by atoms with Gasteiger partial charge in [0.25, 0.3) is 5.91 Å². The molecule has 2 aromatic rings. The summed E-state index contributed by atoms with van der Waals surface area (Å²) in [5, 5.41) is 0.737. The first-order valence-corrected chi connectivity index (χ1v) is 8.39. The SMILES string of the molecule is CCN1C(=O)/C(=C/c2ccc(C)n2C)SC1=Nc1ccccc1. The average Bonchev–Trinajstić information content (AvgIpc) is 3.02. The van der Waals surface area contributed by atoms with Crippen LogP contribution in [0.4, 0.5) is 5.69 Å². The highest BCUT2D eigenvalue weighted by Crippen LogP contribution is 2.34. The molecule has 0 saturated carbocycles. The number of aliphatic imine (C=N–C) groups is 1. The van der Waals surface area contributed by atoms with Crippen LogP contribution in [0, 0.1) is 6.92 Å². The molecule has 2 heterocycles. The van der Waals surface area contributed by atoms with Crippen LogP contribution in [-0.2, 0) is 11.8 Å². The fraction of sp³-hybridized carbons (Fsp3) is 0.222. The Labute approximate surface area is 140 Å². The van der Waals surface area contributed by atoms with Gasteiger partial charge in [0.05, 0.1) is 10.6 Å². The molecule has 0 radical (unpaired) electrons. The number of likely N-dealkylation sites (N-methyl/N-ethyl adjacent to an activating group) is 1. The van der Waals surface area contributed by atoms with Crippen molar-refractivity contribution in [3.63, 3.8) is 0 Å². The molecular weight excluding hydrogens is 306 g/mol. The van der Waals surface area contributed by atoms with Gasteiger partial charge >= 0.3 is 0 Å². The fourth-order valence-electron chi connectivity index (χ4n) is 2.40. The van der Waals surface area contributed by atoms with E-state index in [-0.39, 0.29) is 5.91 Å². The number of amides is 1. The number of carbonyl (C=O) groups excluding carboxylic acids is 1. The highest BCUT2D eigenvalue weighted by Gasteiger charge is 2.32. The molecule has 0 aliphatic carbocycles. The van der Waals surface area contributed by atoms with Crippen LogP contribution in [0.3, 0.4) is 0 Å². The molecule has 0 atom stereocenters. The minimum Gasteiger partial charge on any atom is -0.348 e. The lowest BCUT2D eigenvalue weighted by molar-refractivity contribution is -0.122. The second-order valence-corrected chi connectivity index (χ2v) is 6.36.